The number of ether oxygens (including phenoxy) is 1. The van der Waals surface area contributed by atoms with E-state index >= 15 is 0 Å². The molecule has 3 aliphatic carbocycles. The van der Waals surface area contributed by atoms with Gasteiger partial charge in [-0.25, -0.2) is 0 Å². The molecule has 0 radical (unpaired) electrons. The largest absolute Gasteiger partial charge is 0.497 e. The first-order valence-electron chi connectivity index (χ1n) is 9.48. The van der Waals surface area contributed by atoms with Gasteiger partial charge in [0.1, 0.15) is 18.0 Å². The lowest BCUT2D eigenvalue weighted by Gasteiger charge is -2.52. The number of hydrogen-bond acceptors (Lipinski definition) is 4. The molecule has 0 bridgehead atoms. The Balaban J connectivity index is 1.67. The molecule has 4 heteroatoms. The molecule has 0 heterocycles. The maximum atomic E-state index is 12.3. The molecule has 4 nitrogen and oxygen atoms in total. The van der Waals surface area contributed by atoms with Crippen LogP contribution in [0.25, 0.3) is 0 Å². The SMILES string of the molecule is COc1ccc2c(c1)CC[C@@H]1[C@@H]2CC[C@@]2(C)[C@H]1CC[C@]2(O)C(=O)CO. The minimum atomic E-state index is -1.35. The van der Waals surface area contributed by atoms with E-state index in [0.29, 0.717) is 24.2 Å². The predicted molar refractivity (Wildman–Crippen MR) is 94.7 cm³/mol. The fourth-order valence-electron chi connectivity index (χ4n) is 6.29. The van der Waals surface area contributed by atoms with Crippen molar-refractivity contribution < 1.29 is 19.7 Å². The zero-order valence-electron chi connectivity index (χ0n) is 15.1. The highest BCUT2D eigenvalue weighted by Crippen LogP contribution is 2.64. The van der Waals surface area contributed by atoms with Crippen LogP contribution in [-0.2, 0) is 11.2 Å². The van der Waals surface area contributed by atoms with E-state index in [1.807, 2.05) is 0 Å². The number of ketones is 1. The van der Waals surface area contributed by atoms with E-state index < -0.39 is 23.4 Å². The Morgan fingerprint density at radius 1 is 1.28 bits per heavy atom. The molecule has 0 aliphatic heterocycles. The summed E-state index contributed by atoms with van der Waals surface area (Å²) in [5, 5.41) is 20.5. The number of Topliss-reactive ketones (excluding diaryl/α,β-unsaturated/α-hetero) is 1. The Hall–Kier alpha value is -1.39. The summed E-state index contributed by atoms with van der Waals surface area (Å²) in [7, 11) is 1.71. The van der Waals surface area contributed by atoms with Crippen molar-refractivity contribution in [2.75, 3.05) is 13.7 Å². The van der Waals surface area contributed by atoms with Crippen LogP contribution < -0.4 is 4.74 Å². The maximum Gasteiger partial charge on any atom is 0.190 e. The molecular formula is C21H28O4. The first-order valence-corrected chi connectivity index (χ1v) is 9.48. The molecule has 2 fully saturated rings. The summed E-state index contributed by atoms with van der Waals surface area (Å²) >= 11 is 0. The zero-order chi connectivity index (χ0) is 17.8. The number of carbonyl (C=O) groups is 1. The molecule has 2 N–H and O–H groups in total. The fraction of sp³-hybridized carbons (Fsp3) is 0.667. The van der Waals surface area contributed by atoms with Crippen molar-refractivity contribution in [1.29, 1.82) is 0 Å². The molecule has 5 atom stereocenters. The average Bonchev–Trinajstić information content (AvgIpc) is 2.92. The second-order valence-electron chi connectivity index (χ2n) is 8.42. The summed E-state index contributed by atoms with van der Waals surface area (Å²) in [5.74, 6) is 1.90. The Bertz CT molecular complexity index is 699. The molecule has 0 spiro atoms. The van der Waals surface area contributed by atoms with Gasteiger partial charge in [0.05, 0.1) is 7.11 Å². The van der Waals surface area contributed by atoms with Gasteiger partial charge < -0.3 is 14.9 Å². The second kappa shape index (κ2) is 5.82. The summed E-state index contributed by atoms with van der Waals surface area (Å²) in [4.78, 5) is 12.3. The molecular weight excluding hydrogens is 316 g/mol. The van der Waals surface area contributed by atoms with Crippen LogP contribution >= 0.6 is 0 Å². The Morgan fingerprint density at radius 2 is 2.08 bits per heavy atom. The molecule has 0 saturated heterocycles. The van der Waals surface area contributed by atoms with Gasteiger partial charge in [0.25, 0.3) is 0 Å². The third-order valence-electron chi connectivity index (χ3n) is 7.69. The van der Waals surface area contributed by atoms with Gasteiger partial charge in [-0.15, -0.1) is 0 Å². The van der Waals surface area contributed by atoms with Crippen molar-refractivity contribution in [1.82, 2.24) is 0 Å². The lowest BCUT2D eigenvalue weighted by molar-refractivity contribution is -0.159. The van der Waals surface area contributed by atoms with Crippen LogP contribution in [0.1, 0.15) is 56.1 Å². The van der Waals surface area contributed by atoms with Gasteiger partial charge in [0.2, 0.25) is 0 Å². The topological polar surface area (TPSA) is 66.8 Å². The smallest absolute Gasteiger partial charge is 0.190 e. The molecule has 136 valence electrons. The summed E-state index contributed by atoms with van der Waals surface area (Å²) in [6, 6.07) is 6.43. The van der Waals surface area contributed by atoms with Crippen LogP contribution in [-0.4, -0.2) is 35.3 Å². The first kappa shape index (κ1) is 17.0. The predicted octanol–water partition coefficient (Wildman–Crippen LogP) is 2.84. The quantitative estimate of drug-likeness (QED) is 0.885. The molecule has 1 aromatic rings. The van der Waals surface area contributed by atoms with E-state index in [2.05, 4.69) is 25.1 Å². The monoisotopic (exact) mass is 344 g/mol. The lowest BCUT2D eigenvalue weighted by atomic mass is 9.53. The van der Waals surface area contributed by atoms with Crippen LogP contribution in [0.4, 0.5) is 0 Å². The Morgan fingerprint density at radius 3 is 2.80 bits per heavy atom. The molecule has 2 saturated carbocycles. The lowest BCUT2D eigenvalue weighted by Crippen LogP contribution is -2.55. The van der Waals surface area contributed by atoms with Gasteiger partial charge >= 0.3 is 0 Å². The number of aliphatic hydroxyl groups excluding tert-OH is 1. The minimum absolute atomic E-state index is 0.349. The van der Waals surface area contributed by atoms with Gasteiger partial charge in [-0.1, -0.05) is 13.0 Å². The van der Waals surface area contributed by atoms with E-state index in [0.717, 1.165) is 37.9 Å². The van der Waals surface area contributed by atoms with Crippen molar-refractivity contribution in [2.45, 2.75) is 57.0 Å². The third-order valence-corrected chi connectivity index (χ3v) is 7.69. The van der Waals surface area contributed by atoms with E-state index in [4.69, 9.17) is 4.74 Å². The second-order valence-corrected chi connectivity index (χ2v) is 8.42. The summed E-state index contributed by atoms with van der Waals surface area (Å²) in [5.41, 5.74) is 1.07. The first-order chi connectivity index (χ1) is 11.9. The summed E-state index contributed by atoms with van der Waals surface area (Å²) in [6.07, 6.45) is 5.35. The number of carbonyl (C=O) groups excluding carboxylic acids is 1. The van der Waals surface area contributed by atoms with Crippen LogP contribution in [0.3, 0.4) is 0 Å². The number of hydrogen-bond donors (Lipinski definition) is 2. The van der Waals surface area contributed by atoms with E-state index in [1.54, 1.807) is 7.11 Å². The highest BCUT2D eigenvalue weighted by Gasteiger charge is 2.64. The number of aryl methyl sites for hydroxylation is 1. The van der Waals surface area contributed by atoms with Crippen LogP contribution in [0, 0.1) is 17.3 Å². The fourth-order valence-corrected chi connectivity index (χ4v) is 6.29. The van der Waals surface area contributed by atoms with Crippen LogP contribution in [0.15, 0.2) is 18.2 Å². The average molecular weight is 344 g/mol. The van der Waals surface area contributed by atoms with Gasteiger partial charge in [0, 0.05) is 5.41 Å². The van der Waals surface area contributed by atoms with Gasteiger partial charge in [-0.3, -0.25) is 4.79 Å². The van der Waals surface area contributed by atoms with Gasteiger partial charge in [0.15, 0.2) is 5.78 Å². The number of rotatable bonds is 3. The van der Waals surface area contributed by atoms with Gasteiger partial charge in [-0.2, -0.15) is 0 Å². The normalized spacial score (nSPS) is 39.3. The van der Waals surface area contributed by atoms with Crippen molar-refractivity contribution in [3.8, 4) is 5.75 Å². The van der Waals surface area contributed by atoms with E-state index in [9.17, 15) is 15.0 Å². The van der Waals surface area contributed by atoms with E-state index in [1.165, 1.54) is 11.1 Å². The Kier molecular flexibility index (Phi) is 3.97. The van der Waals surface area contributed by atoms with E-state index in [-0.39, 0.29) is 0 Å². The summed E-state index contributed by atoms with van der Waals surface area (Å²) in [6.45, 7) is 1.52. The number of fused-ring (bicyclic) bond motifs is 5. The minimum Gasteiger partial charge on any atom is -0.497 e. The van der Waals surface area contributed by atoms with Crippen LogP contribution in [0.5, 0.6) is 5.75 Å². The maximum absolute atomic E-state index is 12.3. The molecule has 25 heavy (non-hydrogen) atoms. The summed E-state index contributed by atoms with van der Waals surface area (Å²) < 4.78 is 5.37. The molecule has 0 amide bonds. The standard InChI is InChI=1S/C21H28O4/c1-20-9-7-16-15-6-4-14(25-2)11-13(15)3-5-17(16)18(20)8-10-21(20,24)19(23)12-22/h4,6,11,16-18,22,24H,3,5,7-10,12H2,1-2H3/t16-,17-,18+,20+,21+/m1/s1. The molecule has 0 aromatic heterocycles. The van der Waals surface area contributed by atoms with Crippen LogP contribution in [0.2, 0.25) is 0 Å². The molecule has 3 aliphatic rings. The number of methoxy groups -OCH3 is 1. The highest BCUT2D eigenvalue weighted by atomic mass is 16.5. The number of benzene rings is 1. The molecule has 1 aromatic carbocycles. The van der Waals surface area contributed by atoms with Crippen molar-refractivity contribution in [2.24, 2.45) is 17.3 Å². The zero-order valence-corrected chi connectivity index (χ0v) is 15.1. The van der Waals surface area contributed by atoms with Crippen molar-refractivity contribution in [3.63, 3.8) is 0 Å². The highest BCUT2D eigenvalue weighted by molar-refractivity contribution is 5.89. The Labute approximate surface area is 149 Å². The molecule has 4 rings (SSSR count). The van der Waals surface area contributed by atoms with Gasteiger partial charge in [-0.05, 0) is 79.5 Å². The third kappa shape index (κ3) is 2.23. The van der Waals surface area contributed by atoms with Crippen molar-refractivity contribution >= 4 is 5.78 Å². The van der Waals surface area contributed by atoms with Crippen molar-refractivity contribution in [3.05, 3.63) is 29.3 Å². The number of aliphatic hydroxyl groups is 2. The molecule has 0 unspecified atom stereocenters.